The smallest absolute Gasteiger partial charge is 0.230 e. The molecule has 2 atom stereocenters. The number of ether oxygens (including phenoxy) is 3. The van der Waals surface area contributed by atoms with Crippen LogP contribution in [0.1, 0.15) is 24.0 Å². The number of nitrogens with one attached hydrogen (secondary N) is 4. The predicted octanol–water partition coefficient (Wildman–Crippen LogP) is 2.15. The summed E-state index contributed by atoms with van der Waals surface area (Å²) in [5, 5.41) is 19.2. The summed E-state index contributed by atoms with van der Waals surface area (Å²) in [6, 6.07) is 14.9. The minimum Gasteiger partial charge on any atom is -0.492 e. The van der Waals surface area contributed by atoms with Gasteiger partial charge >= 0.3 is 0 Å². The first kappa shape index (κ1) is 37.8. The Morgan fingerprint density at radius 1 is 1.06 bits per heavy atom. The molecule has 2 aromatic rings. The number of hydrogen-bond donors (Lipinski definition) is 6. The molecule has 4 rings (SSSR count). The van der Waals surface area contributed by atoms with Gasteiger partial charge in [0.15, 0.2) is 5.17 Å². The summed E-state index contributed by atoms with van der Waals surface area (Å²) < 4.78 is 16.8. The van der Waals surface area contributed by atoms with Gasteiger partial charge in [-0.1, -0.05) is 47.8 Å². The molecule has 2 amide bonds. The molecule has 48 heavy (non-hydrogen) atoms. The normalized spacial score (nSPS) is 16.8. The number of nitrogens with two attached hydrogens (primary N) is 2. The van der Waals surface area contributed by atoms with Gasteiger partial charge in [-0.05, 0) is 53.3 Å². The molecule has 1 saturated heterocycles. The highest BCUT2D eigenvalue weighted by atomic mass is 32.2. The Labute approximate surface area is 294 Å². The molecule has 16 heteroatoms. The van der Waals surface area contributed by atoms with Crippen molar-refractivity contribution in [2.24, 2.45) is 16.6 Å². The number of benzene rings is 2. The number of amidine groups is 1. The average Bonchev–Trinajstić information content (AvgIpc) is 3.51. The van der Waals surface area contributed by atoms with Crippen molar-refractivity contribution in [1.82, 2.24) is 21.0 Å². The van der Waals surface area contributed by atoms with Crippen molar-refractivity contribution in [3.8, 4) is 11.5 Å². The fraction of sp³-hybridized carbons (Fsp3) is 0.500. The van der Waals surface area contributed by atoms with Gasteiger partial charge in [0.1, 0.15) is 30.2 Å². The van der Waals surface area contributed by atoms with Crippen molar-refractivity contribution in [3.63, 3.8) is 0 Å². The van der Waals surface area contributed by atoms with Crippen molar-refractivity contribution in [2.75, 3.05) is 64.1 Å². The molecule has 2 aromatic carbocycles. The van der Waals surface area contributed by atoms with Crippen molar-refractivity contribution in [3.05, 3.63) is 59.7 Å². The van der Waals surface area contributed by atoms with Gasteiger partial charge in [-0.15, -0.1) is 0 Å². The largest absolute Gasteiger partial charge is 0.492 e. The third-order valence-corrected chi connectivity index (χ3v) is 9.99. The van der Waals surface area contributed by atoms with Crippen LogP contribution in [-0.2, 0) is 27.2 Å². The number of carbonyl (C=O) groups excluding carboxylic acids is 2. The average molecular weight is 719 g/mol. The third kappa shape index (κ3) is 14.6. The molecule has 2 aliphatic heterocycles. The zero-order valence-corrected chi connectivity index (χ0v) is 29.4. The van der Waals surface area contributed by atoms with E-state index in [-0.39, 0.29) is 30.0 Å². The Balaban J connectivity index is 1.03. The third-order valence-electron chi connectivity index (χ3n) is 7.07. The Morgan fingerprint density at radius 2 is 1.75 bits per heavy atom. The lowest BCUT2D eigenvalue weighted by Gasteiger charge is -2.26. The molecule has 0 radical (unpaired) electrons. The van der Waals surface area contributed by atoms with Crippen molar-refractivity contribution >= 4 is 57.3 Å². The quantitative estimate of drug-likeness (QED) is 0.0539. The first-order valence-corrected chi connectivity index (χ1v) is 18.9. The van der Waals surface area contributed by atoms with Gasteiger partial charge in [0.25, 0.3) is 0 Å². The number of morpholine rings is 1. The summed E-state index contributed by atoms with van der Waals surface area (Å²) in [5.74, 6) is 2.71. The number of thioether (sulfide) groups is 3. The first-order valence-electron chi connectivity index (χ1n) is 16.0. The number of amides is 2. The summed E-state index contributed by atoms with van der Waals surface area (Å²) in [7, 11) is 0. The minimum absolute atomic E-state index is 0.0707. The Kier molecular flexibility index (Phi) is 16.7. The van der Waals surface area contributed by atoms with E-state index in [2.05, 4.69) is 26.1 Å². The Morgan fingerprint density at radius 3 is 2.46 bits per heavy atom. The van der Waals surface area contributed by atoms with Gasteiger partial charge < -0.3 is 36.3 Å². The van der Waals surface area contributed by atoms with Crippen LogP contribution in [0.5, 0.6) is 11.5 Å². The fourth-order valence-corrected chi connectivity index (χ4v) is 7.57. The van der Waals surface area contributed by atoms with Crippen LogP contribution in [0.3, 0.4) is 0 Å². The maximum atomic E-state index is 12.7. The molecule has 2 aliphatic rings. The summed E-state index contributed by atoms with van der Waals surface area (Å²) in [5.41, 5.74) is 15.6. The topological polar surface area (TPSA) is 189 Å². The van der Waals surface area contributed by atoms with Crippen LogP contribution in [0.15, 0.2) is 53.6 Å². The molecule has 0 bridgehead atoms. The highest BCUT2D eigenvalue weighted by molar-refractivity contribution is 8.14. The maximum absolute atomic E-state index is 12.7. The van der Waals surface area contributed by atoms with E-state index in [9.17, 15) is 9.59 Å². The van der Waals surface area contributed by atoms with Gasteiger partial charge in [-0.3, -0.25) is 25.3 Å². The van der Waals surface area contributed by atoms with E-state index in [1.54, 1.807) is 11.8 Å². The van der Waals surface area contributed by atoms with Crippen LogP contribution < -0.4 is 37.0 Å². The molecule has 0 aromatic heterocycles. The van der Waals surface area contributed by atoms with Gasteiger partial charge in [0.05, 0.1) is 36.5 Å². The van der Waals surface area contributed by atoms with Gasteiger partial charge in [0.2, 0.25) is 11.8 Å². The molecule has 0 saturated carbocycles. The zero-order chi connectivity index (χ0) is 34.0. The highest BCUT2D eigenvalue weighted by Gasteiger charge is 2.21. The molecule has 8 N–H and O–H groups in total. The summed E-state index contributed by atoms with van der Waals surface area (Å²) in [6.07, 6.45) is 1.80. The summed E-state index contributed by atoms with van der Waals surface area (Å²) in [4.78, 5) is 27.4. The number of hydrogen-bond acceptors (Lipinski definition) is 14. The van der Waals surface area contributed by atoms with Crippen LogP contribution in [0.25, 0.3) is 0 Å². The van der Waals surface area contributed by atoms with E-state index in [1.165, 1.54) is 11.8 Å². The molecular weight excluding hydrogens is 673 g/mol. The zero-order valence-electron chi connectivity index (χ0n) is 27.0. The van der Waals surface area contributed by atoms with E-state index in [1.807, 2.05) is 48.5 Å². The van der Waals surface area contributed by atoms with Crippen molar-refractivity contribution < 1.29 is 23.8 Å². The standard InChI is InChI=1S/C32H46N8O5S3/c33-9-13-44-25-5-1-3-23(19-25)21-28(41)36-31(35)47-27(34)7-17-46-18-8-30-38-39-32(48-30)37-29(42)22-24-4-2-6-26(20-24)45-16-12-40-10-14-43-15-11-40/h1-6,19-20,30-31,34,38H,7-18,21-22,33,35H2,(H,36,41)(H,37,39,42). The van der Waals surface area contributed by atoms with E-state index < -0.39 is 5.50 Å². The number of rotatable bonds is 19. The molecule has 262 valence electrons. The number of hydrazone groups is 1. The fourth-order valence-electron chi connectivity index (χ4n) is 4.73. The molecular formula is C32H46N8O5S3. The molecule has 0 aliphatic carbocycles. The molecule has 0 spiro atoms. The van der Waals surface area contributed by atoms with Crippen LogP contribution >= 0.6 is 35.3 Å². The SMILES string of the molecule is N=C(CCSCCC1NN=C(NC(=O)Cc2cccc(OCCN3CCOCC3)c2)S1)SC(N)NC(=O)Cc1cccc(OCCN)c1. The maximum Gasteiger partial charge on any atom is 0.230 e. The Hall–Kier alpha value is -2.99. The first-order chi connectivity index (χ1) is 23.4. The monoisotopic (exact) mass is 718 g/mol. The van der Waals surface area contributed by atoms with Gasteiger partial charge in [-0.25, -0.2) is 0 Å². The van der Waals surface area contributed by atoms with Crippen LogP contribution in [0.2, 0.25) is 0 Å². The van der Waals surface area contributed by atoms with Crippen molar-refractivity contribution in [1.29, 1.82) is 5.41 Å². The second kappa shape index (κ2) is 21.2. The van der Waals surface area contributed by atoms with Crippen LogP contribution in [0, 0.1) is 5.41 Å². The number of carbonyl (C=O) groups is 2. The lowest BCUT2D eigenvalue weighted by molar-refractivity contribution is -0.120. The van der Waals surface area contributed by atoms with Crippen LogP contribution in [0.4, 0.5) is 0 Å². The molecule has 1 fully saturated rings. The van der Waals surface area contributed by atoms with E-state index in [4.69, 9.17) is 31.1 Å². The van der Waals surface area contributed by atoms with Gasteiger partial charge in [0, 0.05) is 32.6 Å². The lowest BCUT2D eigenvalue weighted by Crippen LogP contribution is -2.40. The summed E-state index contributed by atoms with van der Waals surface area (Å²) >= 11 is 4.38. The second-order valence-corrected chi connectivity index (χ2v) is 14.6. The molecule has 2 heterocycles. The predicted molar refractivity (Wildman–Crippen MR) is 196 cm³/mol. The molecule has 2 unspecified atom stereocenters. The highest BCUT2D eigenvalue weighted by Crippen LogP contribution is 2.22. The minimum atomic E-state index is -0.695. The van der Waals surface area contributed by atoms with Gasteiger partial charge in [-0.2, -0.15) is 16.9 Å². The van der Waals surface area contributed by atoms with Crippen molar-refractivity contribution in [2.45, 2.75) is 36.6 Å². The van der Waals surface area contributed by atoms with E-state index in [0.29, 0.717) is 42.1 Å². The van der Waals surface area contributed by atoms with Crippen LogP contribution in [-0.4, -0.2) is 102 Å². The number of nitrogens with zero attached hydrogens (tertiary/aromatic N) is 2. The van der Waals surface area contributed by atoms with E-state index >= 15 is 0 Å². The lowest BCUT2D eigenvalue weighted by atomic mass is 10.1. The second-order valence-electron chi connectivity index (χ2n) is 11.0. The van der Waals surface area contributed by atoms with E-state index in [0.717, 1.165) is 79.4 Å². The Bertz CT molecular complexity index is 1360. The molecule has 13 nitrogen and oxygen atoms in total. The summed E-state index contributed by atoms with van der Waals surface area (Å²) in [6.45, 7) is 5.65.